The normalized spacial score (nSPS) is 20.0. The van der Waals surface area contributed by atoms with Gasteiger partial charge in [-0.3, -0.25) is 4.79 Å². The number of benzene rings is 1. The molecule has 0 aliphatic carbocycles. The van der Waals surface area contributed by atoms with Gasteiger partial charge in [-0.1, -0.05) is 42.5 Å². The van der Waals surface area contributed by atoms with Crippen LogP contribution in [0.4, 0.5) is 0 Å². The fourth-order valence-corrected chi connectivity index (χ4v) is 4.21. The number of morpholine rings is 1. The van der Waals surface area contributed by atoms with Crippen LogP contribution in [0.2, 0.25) is 0 Å². The Bertz CT molecular complexity index is 780. The van der Waals surface area contributed by atoms with Crippen molar-refractivity contribution < 1.29 is 9.53 Å². The van der Waals surface area contributed by atoms with E-state index in [2.05, 4.69) is 52.5 Å². The van der Waals surface area contributed by atoms with Crippen LogP contribution in [0, 0.1) is 0 Å². The van der Waals surface area contributed by atoms with Gasteiger partial charge in [-0.25, -0.2) is 4.68 Å². The van der Waals surface area contributed by atoms with Crippen molar-refractivity contribution in [2.75, 3.05) is 45.9 Å². The lowest BCUT2D eigenvalue weighted by atomic mass is 9.97. The molecule has 1 aromatic carbocycles. The number of carbonyl (C=O) groups is 1. The molecule has 0 radical (unpaired) electrons. The minimum Gasteiger partial charge on any atom is -0.378 e. The Kier molecular flexibility index (Phi) is 6.56. The SMILES string of the molecule is CC(CCN1CCC(n2cc(C(=O)N3CCOCC3)nn2)CC1)c1ccccc1. The second kappa shape index (κ2) is 9.50. The quantitative estimate of drug-likeness (QED) is 0.750. The van der Waals surface area contributed by atoms with E-state index in [1.807, 2.05) is 10.9 Å². The van der Waals surface area contributed by atoms with E-state index in [0.717, 1.165) is 32.5 Å². The monoisotopic (exact) mass is 397 g/mol. The molecule has 1 unspecified atom stereocenters. The number of carbonyl (C=O) groups excluding carboxylic acids is 1. The molecule has 3 heterocycles. The first kappa shape index (κ1) is 20.0. The highest BCUT2D eigenvalue weighted by Crippen LogP contribution is 2.24. The molecule has 2 aromatic rings. The summed E-state index contributed by atoms with van der Waals surface area (Å²) in [5.74, 6) is 0.546. The van der Waals surface area contributed by atoms with Crippen LogP contribution in [0.5, 0.6) is 0 Å². The van der Waals surface area contributed by atoms with Crippen LogP contribution in [0.25, 0.3) is 0 Å². The van der Waals surface area contributed by atoms with Crippen molar-refractivity contribution in [2.45, 2.75) is 38.1 Å². The number of hydrogen-bond acceptors (Lipinski definition) is 5. The number of rotatable bonds is 6. The van der Waals surface area contributed by atoms with E-state index >= 15 is 0 Å². The van der Waals surface area contributed by atoms with Gasteiger partial charge in [0.15, 0.2) is 5.69 Å². The van der Waals surface area contributed by atoms with Crippen LogP contribution >= 0.6 is 0 Å². The van der Waals surface area contributed by atoms with Gasteiger partial charge in [0.1, 0.15) is 0 Å². The molecule has 1 aromatic heterocycles. The van der Waals surface area contributed by atoms with E-state index in [0.29, 0.717) is 44.0 Å². The molecule has 156 valence electrons. The molecule has 0 N–H and O–H groups in total. The average molecular weight is 398 g/mol. The van der Waals surface area contributed by atoms with Gasteiger partial charge in [0, 0.05) is 26.2 Å². The van der Waals surface area contributed by atoms with Crippen LogP contribution in [0.1, 0.15) is 54.2 Å². The first-order valence-electron chi connectivity index (χ1n) is 10.8. The van der Waals surface area contributed by atoms with Gasteiger partial charge in [0.05, 0.1) is 25.5 Å². The molecule has 2 saturated heterocycles. The van der Waals surface area contributed by atoms with Gasteiger partial charge in [0.25, 0.3) is 5.91 Å². The second-order valence-electron chi connectivity index (χ2n) is 8.16. The van der Waals surface area contributed by atoms with Crippen LogP contribution in [-0.4, -0.2) is 76.6 Å². The number of hydrogen-bond donors (Lipinski definition) is 0. The highest BCUT2D eigenvalue weighted by Gasteiger charge is 2.25. The smallest absolute Gasteiger partial charge is 0.276 e. The lowest BCUT2D eigenvalue weighted by molar-refractivity contribution is 0.0299. The van der Waals surface area contributed by atoms with Crippen LogP contribution < -0.4 is 0 Å². The zero-order chi connectivity index (χ0) is 20.1. The molecule has 7 nitrogen and oxygen atoms in total. The highest BCUT2D eigenvalue weighted by molar-refractivity contribution is 5.92. The topological polar surface area (TPSA) is 63.5 Å². The van der Waals surface area contributed by atoms with E-state index in [1.165, 1.54) is 12.0 Å². The number of likely N-dealkylation sites (tertiary alicyclic amines) is 1. The van der Waals surface area contributed by atoms with Crippen molar-refractivity contribution >= 4 is 5.91 Å². The van der Waals surface area contributed by atoms with Crippen molar-refractivity contribution in [2.24, 2.45) is 0 Å². The number of ether oxygens (including phenoxy) is 1. The van der Waals surface area contributed by atoms with Crippen molar-refractivity contribution in [1.29, 1.82) is 0 Å². The minimum absolute atomic E-state index is 0.0353. The number of amides is 1. The molecule has 0 saturated carbocycles. The van der Waals surface area contributed by atoms with E-state index < -0.39 is 0 Å². The summed E-state index contributed by atoms with van der Waals surface area (Å²) >= 11 is 0. The van der Waals surface area contributed by atoms with E-state index in [9.17, 15) is 4.79 Å². The standard InChI is InChI=1S/C22H31N5O2/c1-18(19-5-3-2-4-6-19)7-10-25-11-8-20(9-12-25)27-17-21(23-24-27)22(28)26-13-15-29-16-14-26/h2-6,17-18,20H,7-16H2,1H3. The summed E-state index contributed by atoms with van der Waals surface area (Å²) in [6.07, 6.45) is 5.11. The van der Waals surface area contributed by atoms with Gasteiger partial charge in [0.2, 0.25) is 0 Å². The second-order valence-corrected chi connectivity index (χ2v) is 8.16. The zero-order valence-electron chi connectivity index (χ0n) is 17.2. The van der Waals surface area contributed by atoms with E-state index in [1.54, 1.807) is 4.90 Å². The minimum atomic E-state index is -0.0353. The molecule has 29 heavy (non-hydrogen) atoms. The predicted molar refractivity (Wildman–Crippen MR) is 111 cm³/mol. The van der Waals surface area contributed by atoms with Gasteiger partial charge in [-0.15, -0.1) is 5.10 Å². The highest BCUT2D eigenvalue weighted by atomic mass is 16.5. The molecule has 1 atom stereocenters. The Morgan fingerprint density at radius 2 is 1.86 bits per heavy atom. The molecule has 2 aliphatic heterocycles. The molecular formula is C22H31N5O2. The summed E-state index contributed by atoms with van der Waals surface area (Å²) in [6.45, 7) is 8.03. The summed E-state index contributed by atoms with van der Waals surface area (Å²) in [5.41, 5.74) is 1.87. The molecular weight excluding hydrogens is 366 g/mol. The summed E-state index contributed by atoms with van der Waals surface area (Å²) in [7, 11) is 0. The summed E-state index contributed by atoms with van der Waals surface area (Å²) in [5, 5.41) is 8.41. The van der Waals surface area contributed by atoms with Crippen LogP contribution in [-0.2, 0) is 4.74 Å². The molecule has 7 heteroatoms. The van der Waals surface area contributed by atoms with Gasteiger partial charge in [-0.2, -0.15) is 0 Å². The number of aromatic nitrogens is 3. The number of piperidine rings is 1. The molecule has 2 aliphatic rings. The van der Waals surface area contributed by atoms with Crippen LogP contribution in [0.15, 0.2) is 36.5 Å². The first-order chi connectivity index (χ1) is 14.2. The van der Waals surface area contributed by atoms with E-state index in [4.69, 9.17) is 4.74 Å². The average Bonchev–Trinajstić information content (AvgIpc) is 3.29. The third-order valence-corrected chi connectivity index (χ3v) is 6.21. The van der Waals surface area contributed by atoms with Crippen molar-refractivity contribution in [3.8, 4) is 0 Å². The maximum absolute atomic E-state index is 12.6. The van der Waals surface area contributed by atoms with Gasteiger partial charge in [-0.05, 0) is 37.3 Å². The molecule has 0 spiro atoms. The van der Waals surface area contributed by atoms with Crippen molar-refractivity contribution in [1.82, 2.24) is 24.8 Å². The zero-order valence-corrected chi connectivity index (χ0v) is 17.2. The first-order valence-corrected chi connectivity index (χ1v) is 10.8. The summed E-state index contributed by atoms with van der Waals surface area (Å²) in [4.78, 5) is 16.9. The van der Waals surface area contributed by atoms with Crippen molar-refractivity contribution in [3.05, 3.63) is 47.8 Å². The lowest BCUT2D eigenvalue weighted by Crippen LogP contribution is -2.40. The molecule has 1 amide bonds. The number of nitrogens with zero attached hydrogens (tertiary/aromatic N) is 5. The fourth-order valence-electron chi connectivity index (χ4n) is 4.21. The Balaban J connectivity index is 1.24. The Labute approximate surface area is 172 Å². The Hall–Kier alpha value is -2.25. The molecule has 0 bridgehead atoms. The largest absolute Gasteiger partial charge is 0.378 e. The lowest BCUT2D eigenvalue weighted by Gasteiger charge is -2.32. The third kappa shape index (κ3) is 5.03. The van der Waals surface area contributed by atoms with Crippen LogP contribution in [0.3, 0.4) is 0 Å². The van der Waals surface area contributed by atoms with Crippen molar-refractivity contribution in [3.63, 3.8) is 0 Å². The maximum Gasteiger partial charge on any atom is 0.276 e. The molecule has 2 fully saturated rings. The summed E-state index contributed by atoms with van der Waals surface area (Å²) < 4.78 is 7.22. The maximum atomic E-state index is 12.6. The van der Waals surface area contributed by atoms with Gasteiger partial charge >= 0.3 is 0 Å². The third-order valence-electron chi connectivity index (χ3n) is 6.21. The fraction of sp³-hybridized carbons (Fsp3) is 0.591. The Morgan fingerprint density at radius 3 is 2.59 bits per heavy atom. The van der Waals surface area contributed by atoms with Gasteiger partial charge < -0.3 is 14.5 Å². The van der Waals surface area contributed by atoms with E-state index in [-0.39, 0.29) is 5.91 Å². The molecule has 4 rings (SSSR count). The predicted octanol–water partition coefficient (Wildman–Crippen LogP) is 2.58. The summed E-state index contributed by atoms with van der Waals surface area (Å²) in [6, 6.07) is 11.1. The Morgan fingerprint density at radius 1 is 1.14 bits per heavy atom.